The number of nitrogens with one attached hydrogen (secondary N) is 1. The molecular formula is C28H22N2O4. The Morgan fingerprint density at radius 2 is 1.62 bits per heavy atom. The molecule has 6 nitrogen and oxygen atoms in total. The Morgan fingerprint density at radius 3 is 2.38 bits per heavy atom. The molecule has 0 saturated carbocycles. The average molecular weight is 450 g/mol. The van der Waals surface area contributed by atoms with Crippen LogP contribution in [0, 0.1) is 0 Å². The first-order valence-corrected chi connectivity index (χ1v) is 11.3. The van der Waals surface area contributed by atoms with Crippen LogP contribution in [0.25, 0.3) is 0 Å². The van der Waals surface area contributed by atoms with Crippen molar-refractivity contribution >= 4 is 23.1 Å². The van der Waals surface area contributed by atoms with Gasteiger partial charge in [-0.25, -0.2) is 0 Å². The quantitative estimate of drug-likeness (QED) is 0.409. The Bertz CT molecular complexity index is 1370. The van der Waals surface area contributed by atoms with Crippen molar-refractivity contribution < 1.29 is 18.4 Å². The van der Waals surface area contributed by atoms with Crippen molar-refractivity contribution in [3.63, 3.8) is 0 Å². The van der Waals surface area contributed by atoms with E-state index >= 15 is 0 Å². The van der Waals surface area contributed by atoms with E-state index in [-0.39, 0.29) is 23.4 Å². The molecule has 1 aliphatic carbocycles. The van der Waals surface area contributed by atoms with Crippen LogP contribution in [0.4, 0.5) is 11.4 Å². The monoisotopic (exact) mass is 450 g/mol. The summed E-state index contributed by atoms with van der Waals surface area (Å²) in [5, 5.41) is 3.51. The van der Waals surface area contributed by atoms with Gasteiger partial charge in [-0.15, -0.1) is 0 Å². The lowest BCUT2D eigenvalue weighted by Gasteiger charge is -2.34. The highest BCUT2D eigenvalue weighted by Gasteiger charge is 2.42. The van der Waals surface area contributed by atoms with Crippen LogP contribution in [0.15, 0.2) is 111 Å². The first-order valence-electron chi connectivity index (χ1n) is 11.3. The number of allylic oxidation sites excluding steroid dienone is 1. The van der Waals surface area contributed by atoms with E-state index in [1.54, 1.807) is 23.3 Å². The Hall–Kier alpha value is -4.32. The van der Waals surface area contributed by atoms with Crippen molar-refractivity contribution in [2.45, 2.75) is 24.8 Å². The highest BCUT2D eigenvalue weighted by Crippen LogP contribution is 2.47. The van der Waals surface area contributed by atoms with Gasteiger partial charge < -0.3 is 14.2 Å². The van der Waals surface area contributed by atoms with Crippen LogP contribution < -0.4 is 10.2 Å². The number of hydrogen-bond acceptors (Lipinski definition) is 5. The summed E-state index contributed by atoms with van der Waals surface area (Å²) in [6.07, 6.45) is 4.04. The highest BCUT2D eigenvalue weighted by atomic mass is 16.3. The fourth-order valence-electron chi connectivity index (χ4n) is 5.01. The van der Waals surface area contributed by atoms with Crippen molar-refractivity contribution in [1.29, 1.82) is 0 Å². The molecule has 6 rings (SSSR count). The number of amides is 1. The molecule has 2 aromatic heterocycles. The molecule has 0 unspecified atom stereocenters. The smallest absolute Gasteiger partial charge is 0.294 e. The van der Waals surface area contributed by atoms with Gasteiger partial charge in [-0.3, -0.25) is 14.5 Å². The number of Topliss-reactive ketones (excluding diaryl/α,β-unsaturated/α-hetero) is 1. The number of ketones is 1. The SMILES string of the molecule is O=C1C[C@@H](c2ccco2)CC2=C1[C@@H](c1ccccc1)N(C(=O)c1ccco1)c1ccccc1N2. The normalized spacial score (nSPS) is 19.8. The van der Waals surface area contributed by atoms with Gasteiger partial charge in [0.25, 0.3) is 5.91 Å². The summed E-state index contributed by atoms with van der Waals surface area (Å²) in [5.74, 6) is 0.636. The molecule has 4 aromatic rings. The van der Waals surface area contributed by atoms with Gasteiger partial charge in [-0.1, -0.05) is 42.5 Å². The third-order valence-electron chi connectivity index (χ3n) is 6.50. The molecule has 34 heavy (non-hydrogen) atoms. The van der Waals surface area contributed by atoms with Crippen LogP contribution in [0.2, 0.25) is 0 Å². The predicted molar refractivity (Wildman–Crippen MR) is 127 cm³/mol. The van der Waals surface area contributed by atoms with Gasteiger partial charge in [0.05, 0.1) is 29.9 Å². The Kier molecular flexibility index (Phi) is 4.91. The number of para-hydroxylation sites is 2. The second-order valence-electron chi connectivity index (χ2n) is 8.54. The Morgan fingerprint density at radius 1 is 0.853 bits per heavy atom. The summed E-state index contributed by atoms with van der Waals surface area (Å²) in [7, 11) is 0. The summed E-state index contributed by atoms with van der Waals surface area (Å²) in [6.45, 7) is 0. The number of carbonyl (C=O) groups is 2. The summed E-state index contributed by atoms with van der Waals surface area (Å²) >= 11 is 0. The largest absolute Gasteiger partial charge is 0.469 e. The maximum atomic E-state index is 13.8. The standard InChI is InChI=1S/C28H22N2O4/c31-23-17-19(24-12-6-14-33-24)16-21-26(23)27(18-8-2-1-3-9-18)30(28(32)25-13-7-15-34-25)22-11-5-4-10-20(22)29-21/h1-15,19,27,29H,16-17H2/t19-,27+/m0/s1. The summed E-state index contributed by atoms with van der Waals surface area (Å²) < 4.78 is 11.1. The van der Waals surface area contributed by atoms with Crippen LogP contribution >= 0.6 is 0 Å². The number of fused-ring (bicyclic) bond motifs is 1. The van der Waals surface area contributed by atoms with Crippen molar-refractivity contribution in [3.8, 4) is 0 Å². The molecule has 0 spiro atoms. The van der Waals surface area contributed by atoms with Crippen LogP contribution in [0.5, 0.6) is 0 Å². The minimum absolute atomic E-state index is 0.00551. The Labute approximate surface area is 196 Å². The molecule has 0 radical (unpaired) electrons. The van der Waals surface area contributed by atoms with Crippen molar-refractivity contribution in [2.24, 2.45) is 0 Å². The topological polar surface area (TPSA) is 75.7 Å². The van der Waals surface area contributed by atoms with Gasteiger partial charge >= 0.3 is 0 Å². The van der Waals surface area contributed by atoms with Crippen molar-refractivity contribution in [2.75, 3.05) is 10.2 Å². The number of nitrogens with zero attached hydrogens (tertiary/aromatic N) is 1. The molecule has 3 heterocycles. The summed E-state index contributed by atoms with van der Waals surface area (Å²) in [6, 6.07) is 23.8. The number of rotatable bonds is 3. The highest BCUT2D eigenvalue weighted by molar-refractivity contribution is 6.10. The van der Waals surface area contributed by atoms with Gasteiger partial charge in [0.1, 0.15) is 5.76 Å². The van der Waals surface area contributed by atoms with E-state index in [1.165, 1.54) is 6.26 Å². The number of furan rings is 2. The van der Waals surface area contributed by atoms with Gasteiger partial charge in [-0.2, -0.15) is 0 Å². The van der Waals surface area contributed by atoms with Crippen LogP contribution in [0.3, 0.4) is 0 Å². The zero-order valence-electron chi connectivity index (χ0n) is 18.3. The molecule has 1 aliphatic heterocycles. The van der Waals surface area contributed by atoms with E-state index in [4.69, 9.17) is 8.83 Å². The molecule has 1 amide bonds. The third-order valence-corrected chi connectivity index (χ3v) is 6.50. The minimum Gasteiger partial charge on any atom is -0.469 e. The zero-order chi connectivity index (χ0) is 23.1. The first-order chi connectivity index (χ1) is 16.7. The van der Waals surface area contributed by atoms with Gasteiger partial charge in [-0.05, 0) is 48.4 Å². The minimum atomic E-state index is -0.602. The molecule has 0 saturated heterocycles. The molecule has 168 valence electrons. The van der Waals surface area contributed by atoms with E-state index in [9.17, 15) is 9.59 Å². The second kappa shape index (κ2) is 8.23. The fourth-order valence-corrected chi connectivity index (χ4v) is 5.01. The maximum absolute atomic E-state index is 13.8. The van der Waals surface area contributed by atoms with E-state index in [2.05, 4.69) is 5.32 Å². The molecule has 2 aromatic carbocycles. The lowest BCUT2D eigenvalue weighted by Crippen LogP contribution is -2.38. The maximum Gasteiger partial charge on any atom is 0.294 e. The van der Waals surface area contributed by atoms with Crippen LogP contribution in [0.1, 0.15) is 46.7 Å². The molecule has 0 bridgehead atoms. The first kappa shape index (κ1) is 20.3. The van der Waals surface area contributed by atoms with Gasteiger partial charge in [0.2, 0.25) is 0 Å². The zero-order valence-corrected chi connectivity index (χ0v) is 18.3. The molecule has 0 fully saturated rings. The lowest BCUT2D eigenvalue weighted by molar-refractivity contribution is -0.116. The Balaban J connectivity index is 1.57. The van der Waals surface area contributed by atoms with Gasteiger partial charge in [0, 0.05) is 23.6 Å². The third kappa shape index (κ3) is 3.35. The summed E-state index contributed by atoms with van der Waals surface area (Å²) in [5.41, 5.74) is 3.73. The predicted octanol–water partition coefficient (Wildman–Crippen LogP) is 6.09. The average Bonchev–Trinajstić information content (AvgIpc) is 3.57. The number of hydrogen-bond donors (Lipinski definition) is 1. The molecule has 2 atom stereocenters. The van der Waals surface area contributed by atoms with Crippen molar-refractivity contribution in [3.05, 3.63) is 120 Å². The molecular weight excluding hydrogens is 428 g/mol. The number of benzene rings is 2. The number of anilines is 2. The fraction of sp³-hybridized carbons (Fsp3) is 0.143. The van der Waals surface area contributed by atoms with E-state index in [0.29, 0.717) is 24.1 Å². The molecule has 2 aliphatic rings. The number of carbonyl (C=O) groups excluding carboxylic acids is 2. The van der Waals surface area contributed by atoms with Crippen LogP contribution in [-0.4, -0.2) is 11.7 Å². The van der Waals surface area contributed by atoms with E-state index < -0.39 is 6.04 Å². The van der Waals surface area contributed by atoms with Crippen LogP contribution in [-0.2, 0) is 4.79 Å². The van der Waals surface area contributed by atoms with E-state index in [0.717, 1.165) is 22.7 Å². The van der Waals surface area contributed by atoms with E-state index in [1.807, 2.05) is 66.7 Å². The van der Waals surface area contributed by atoms with Crippen molar-refractivity contribution in [1.82, 2.24) is 0 Å². The second-order valence-corrected chi connectivity index (χ2v) is 8.54. The summed E-state index contributed by atoms with van der Waals surface area (Å²) in [4.78, 5) is 29.3. The molecule has 1 N–H and O–H groups in total. The lowest BCUT2D eigenvalue weighted by atomic mass is 9.80. The van der Waals surface area contributed by atoms with Gasteiger partial charge in [0.15, 0.2) is 11.5 Å². The molecule has 6 heteroatoms.